The van der Waals surface area contributed by atoms with Crippen molar-refractivity contribution in [3.05, 3.63) is 103 Å². The van der Waals surface area contributed by atoms with Gasteiger partial charge in [-0.1, -0.05) is 31.2 Å². The van der Waals surface area contributed by atoms with Gasteiger partial charge in [0.05, 0.1) is 11.1 Å². The molecule has 0 spiro atoms. The van der Waals surface area contributed by atoms with Gasteiger partial charge in [0.25, 0.3) is 5.91 Å². The number of ether oxygens (including phenoxy) is 2. The molecule has 1 aromatic rings. The third-order valence-electron chi connectivity index (χ3n) is 5.23. The fourth-order valence-corrected chi connectivity index (χ4v) is 3.71. The van der Waals surface area contributed by atoms with Crippen molar-refractivity contribution in [2.75, 3.05) is 0 Å². The molecule has 0 N–H and O–H groups in total. The minimum absolute atomic E-state index is 0.0845. The molecule has 0 aromatic heterocycles. The molecule has 2 amide bonds. The van der Waals surface area contributed by atoms with Crippen LogP contribution in [-0.2, 0) is 19.1 Å². The molecule has 1 aromatic carbocycles. The van der Waals surface area contributed by atoms with Crippen molar-refractivity contribution in [3.8, 4) is 0 Å². The zero-order valence-electron chi connectivity index (χ0n) is 20.3. The molecule has 0 saturated heterocycles. The maximum atomic E-state index is 12.6. The van der Waals surface area contributed by atoms with Crippen LogP contribution >= 0.6 is 0 Å². The van der Waals surface area contributed by atoms with Gasteiger partial charge in [-0.3, -0.25) is 14.4 Å². The fraction of sp³-hybridized carbons (Fsp3) is 0.292. The van der Waals surface area contributed by atoms with Crippen molar-refractivity contribution in [1.29, 1.82) is 0 Å². The Balaban J connectivity index is 2.59. The summed E-state index contributed by atoms with van der Waals surface area (Å²) in [4.78, 5) is 52.9. The van der Waals surface area contributed by atoms with Gasteiger partial charge < -0.3 is 9.47 Å². The van der Waals surface area contributed by atoms with Crippen molar-refractivity contribution < 1.29 is 23.9 Å². The first-order chi connectivity index (χ1) is 17.7. The highest BCUT2D eigenvalue weighted by molar-refractivity contribution is 5.99. The number of carbonyl (C=O) groups is 3. The summed E-state index contributed by atoms with van der Waals surface area (Å²) in [6.07, 6.45) is 5.18. The smallest absolute Gasteiger partial charge is 0.303 e. The van der Waals surface area contributed by atoms with Crippen LogP contribution < -0.4 is 0 Å². The van der Waals surface area contributed by atoms with Gasteiger partial charge in [-0.05, 0) is 69.2 Å². The topological polar surface area (TPSA) is 197 Å². The van der Waals surface area contributed by atoms with Crippen LogP contribution in [0.4, 0.5) is 5.69 Å². The summed E-state index contributed by atoms with van der Waals surface area (Å²) >= 11 is 0. The number of esters is 1. The molecule has 190 valence electrons. The predicted molar refractivity (Wildman–Crippen MR) is 133 cm³/mol. The SMILES string of the molecule is C=CCC1=CC(C)C(C(=O)N=[N+]=[N-])=C(OC(C)C(OC(C)=O)c2ccc(N=O)c(C(=O)N=[N+]=[N-])c2)C=C1. The Hall–Kier alpha value is -4.99. The predicted octanol–water partition coefficient (Wildman–Crippen LogP) is 6.34. The number of carbonyl (C=O) groups excluding carboxylic acids is 3. The standard InChI is InChI=1S/C24H23N7O6/c1-5-6-16-7-10-20(21(13(2)11-16)24(34)28-31-26)36-14(3)22(37-15(4)32)17-8-9-19(29-35)18(12-17)23(33)27-30-25/h5,7-14,22H,1,6H2,2-4H3. The molecular weight excluding hydrogens is 482 g/mol. The maximum absolute atomic E-state index is 12.6. The molecule has 3 unspecified atom stereocenters. The minimum atomic E-state index is -1.13. The average molecular weight is 505 g/mol. The molecule has 0 bridgehead atoms. The van der Waals surface area contributed by atoms with E-state index < -0.39 is 35.9 Å². The van der Waals surface area contributed by atoms with Crippen LogP contribution in [0.25, 0.3) is 20.9 Å². The Bertz CT molecular complexity index is 1320. The minimum Gasteiger partial charge on any atom is -0.486 e. The molecule has 0 radical (unpaired) electrons. The van der Waals surface area contributed by atoms with Crippen LogP contribution in [0.15, 0.2) is 81.4 Å². The number of amides is 2. The number of hydrogen-bond donors (Lipinski definition) is 0. The van der Waals surface area contributed by atoms with Crippen LogP contribution in [0.5, 0.6) is 0 Å². The van der Waals surface area contributed by atoms with Crippen LogP contribution in [0.1, 0.15) is 49.2 Å². The average Bonchev–Trinajstić information content (AvgIpc) is 3.00. The number of nitrogens with zero attached hydrogens (tertiary/aromatic N) is 7. The number of hydrogen-bond acceptors (Lipinski definition) is 7. The summed E-state index contributed by atoms with van der Waals surface area (Å²) in [7, 11) is 0. The van der Waals surface area contributed by atoms with Crippen LogP contribution in [0.3, 0.4) is 0 Å². The van der Waals surface area contributed by atoms with E-state index in [9.17, 15) is 19.3 Å². The van der Waals surface area contributed by atoms with E-state index in [2.05, 4.69) is 31.8 Å². The van der Waals surface area contributed by atoms with E-state index in [4.69, 9.17) is 20.5 Å². The highest BCUT2D eigenvalue weighted by Gasteiger charge is 2.29. The van der Waals surface area contributed by atoms with E-state index in [-0.39, 0.29) is 28.1 Å². The third kappa shape index (κ3) is 7.25. The molecule has 2 rings (SSSR count). The molecule has 0 aliphatic heterocycles. The second-order valence-electron chi connectivity index (χ2n) is 7.84. The summed E-state index contributed by atoms with van der Waals surface area (Å²) in [5.74, 6) is -2.99. The van der Waals surface area contributed by atoms with Crippen LogP contribution in [0.2, 0.25) is 0 Å². The number of azide groups is 2. The Labute approximate surface area is 211 Å². The van der Waals surface area contributed by atoms with E-state index in [1.807, 2.05) is 6.08 Å². The van der Waals surface area contributed by atoms with Crippen LogP contribution in [0, 0.1) is 10.8 Å². The second kappa shape index (κ2) is 13.2. The second-order valence-corrected chi connectivity index (χ2v) is 7.84. The van der Waals surface area contributed by atoms with Gasteiger partial charge in [-0.25, -0.2) is 0 Å². The molecular formula is C24H23N7O6. The van der Waals surface area contributed by atoms with Gasteiger partial charge in [0.1, 0.15) is 17.6 Å². The zero-order chi connectivity index (χ0) is 27.5. The molecule has 1 aliphatic carbocycles. The third-order valence-corrected chi connectivity index (χ3v) is 5.23. The van der Waals surface area contributed by atoms with Gasteiger partial charge in [0, 0.05) is 22.7 Å². The highest BCUT2D eigenvalue weighted by Crippen LogP contribution is 2.33. The Kier molecular flexibility index (Phi) is 10.1. The first kappa shape index (κ1) is 28.2. The number of benzene rings is 1. The van der Waals surface area contributed by atoms with Crippen molar-refractivity contribution in [1.82, 2.24) is 0 Å². The summed E-state index contributed by atoms with van der Waals surface area (Å²) in [6.45, 7) is 8.16. The lowest BCUT2D eigenvalue weighted by Crippen LogP contribution is -2.25. The zero-order valence-corrected chi connectivity index (χ0v) is 20.3. The molecule has 13 nitrogen and oxygen atoms in total. The summed E-state index contributed by atoms with van der Waals surface area (Å²) in [5.41, 5.74) is 18.0. The monoisotopic (exact) mass is 505 g/mol. The summed E-state index contributed by atoms with van der Waals surface area (Å²) < 4.78 is 11.5. The molecule has 0 heterocycles. The number of allylic oxidation sites excluding steroid dienone is 5. The largest absolute Gasteiger partial charge is 0.486 e. The van der Waals surface area contributed by atoms with Crippen molar-refractivity contribution in [3.63, 3.8) is 0 Å². The normalized spacial score (nSPS) is 16.1. The molecule has 0 saturated carbocycles. The molecule has 3 atom stereocenters. The summed E-state index contributed by atoms with van der Waals surface area (Å²) in [6, 6.07) is 3.81. The van der Waals surface area contributed by atoms with E-state index in [0.717, 1.165) is 5.57 Å². The van der Waals surface area contributed by atoms with Crippen molar-refractivity contribution in [2.45, 2.75) is 39.4 Å². The first-order valence-corrected chi connectivity index (χ1v) is 10.9. The number of nitroso groups, excluding NO2 is 1. The van der Waals surface area contributed by atoms with E-state index in [1.54, 1.807) is 26.0 Å². The Morgan fingerprint density at radius 3 is 2.43 bits per heavy atom. The Morgan fingerprint density at radius 2 is 1.84 bits per heavy atom. The van der Waals surface area contributed by atoms with Gasteiger partial charge in [0.15, 0.2) is 6.10 Å². The molecule has 37 heavy (non-hydrogen) atoms. The Morgan fingerprint density at radius 1 is 1.16 bits per heavy atom. The van der Waals surface area contributed by atoms with E-state index >= 15 is 0 Å². The lowest BCUT2D eigenvalue weighted by molar-refractivity contribution is -0.153. The van der Waals surface area contributed by atoms with Crippen molar-refractivity contribution in [2.24, 2.45) is 21.3 Å². The van der Waals surface area contributed by atoms with E-state index in [1.165, 1.54) is 31.2 Å². The lowest BCUT2D eigenvalue weighted by Gasteiger charge is -2.27. The maximum Gasteiger partial charge on any atom is 0.303 e. The molecule has 1 aliphatic rings. The van der Waals surface area contributed by atoms with Crippen LogP contribution in [-0.4, -0.2) is 23.9 Å². The van der Waals surface area contributed by atoms with Gasteiger partial charge >= 0.3 is 5.97 Å². The number of rotatable bonds is 10. The van der Waals surface area contributed by atoms with Gasteiger partial charge in [-0.15, -0.1) is 11.5 Å². The molecule has 13 heteroatoms. The van der Waals surface area contributed by atoms with Gasteiger partial charge in [0.2, 0.25) is 5.91 Å². The first-order valence-electron chi connectivity index (χ1n) is 10.9. The van der Waals surface area contributed by atoms with Crippen molar-refractivity contribution >= 4 is 23.5 Å². The van der Waals surface area contributed by atoms with E-state index in [0.29, 0.717) is 6.42 Å². The summed E-state index contributed by atoms with van der Waals surface area (Å²) in [5, 5.41) is 8.96. The van der Waals surface area contributed by atoms with Gasteiger partial charge in [-0.2, -0.15) is 0 Å². The highest BCUT2D eigenvalue weighted by atomic mass is 16.6. The molecule has 0 fully saturated rings. The fourth-order valence-electron chi connectivity index (χ4n) is 3.71. The quantitative estimate of drug-likeness (QED) is 0.0886. The lowest BCUT2D eigenvalue weighted by atomic mass is 9.97.